The van der Waals surface area contributed by atoms with Crippen molar-refractivity contribution in [3.63, 3.8) is 0 Å². The van der Waals surface area contributed by atoms with Crippen molar-refractivity contribution >= 4 is 16.0 Å². The number of carbonyl (C=O) groups excluding carboxylic acids is 1. The van der Waals surface area contributed by atoms with Gasteiger partial charge in [0.05, 0.1) is 5.75 Å². The van der Waals surface area contributed by atoms with Crippen molar-refractivity contribution in [2.45, 2.75) is 104 Å². The molecule has 0 aromatic carbocycles. The van der Waals surface area contributed by atoms with Gasteiger partial charge in [-0.15, -0.1) is 0 Å². The predicted molar refractivity (Wildman–Crippen MR) is 116 cm³/mol. The lowest BCUT2D eigenvalue weighted by Gasteiger charge is -2.00. The third-order valence-electron chi connectivity index (χ3n) is 4.31. The number of hydrogen-bond acceptors (Lipinski definition) is 3. The average Bonchev–Trinajstić information content (AvgIpc) is 2.64. The molecule has 162 valence electrons. The molecule has 0 atom stereocenters. The Kier molecular flexibility index (Phi) is 22.5. The van der Waals surface area contributed by atoms with Crippen molar-refractivity contribution in [1.29, 1.82) is 0 Å². The lowest BCUT2D eigenvalue weighted by atomic mass is 10.1. The first-order valence-electron chi connectivity index (χ1n) is 10.7. The van der Waals surface area contributed by atoms with E-state index in [4.69, 9.17) is 4.55 Å². The lowest BCUT2D eigenvalue weighted by Crippen LogP contribution is -2.16. The third-order valence-corrected chi connectivity index (χ3v) is 5.04. The van der Waals surface area contributed by atoms with Crippen LogP contribution in [0.25, 0.3) is 0 Å². The fourth-order valence-electron chi connectivity index (χ4n) is 2.48. The van der Waals surface area contributed by atoms with Crippen LogP contribution in [0.5, 0.6) is 0 Å². The number of allylic oxidation sites excluding steroid dienone is 2. The minimum absolute atomic E-state index is 0.174. The molecule has 0 fully saturated rings. The van der Waals surface area contributed by atoms with Crippen molar-refractivity contribution in [2.75, 3.05) is 12.8 Å². The van der Waals surface area contributed by atoms with Gasteiger partial charge in [-0.1, -0.05) is 70.4 Å². The summed E-state index contributed by atoms with van der Waals surface area (Å²) in [6.45, 7) is 3.64. The number of nitrogens with one attached hydrogen (secondary N) is 1. The monoisotopic (exact) mass is 405 g/mol. The van der Waals surface area contributed by atoms with Gasteiger partial charge in [0.25, 0.3) is 10.1 Å². The standard InChI is InChI=1S/C19H37NO.C2H6O3S/c1-3-4-5-6-7-8-9-10-11-12-13-14-15-16-17-18-19(21)20-2;1-2-6(3,4)5/h10-11H,3-9,12-18H2,1-2H3,(H,20,21);2H2,1H3,(H,3,4,5)/b11-10-;. The zero-order valence-electron chi connectivity index (χ0n) is 17.8. The van der Waals surface area contributed by atoms with Gasteiger partial charge in [0.1, 0.15) is 0 Å². The van der Waals surface area contributed by atoms with E-state index >= 15 is 0 Å². The molecule has 0 aliphatic carbocycles. The minimum atomic E-state index is -3.66. The molecule has 0 spiro atoms. The van der Waals surface area contributed by atoms with Crippen LogP contribution in [-0.4, -0.2) is 31.7 Å². The number of amides is 1. The van der Waals surface area contributed by atoms with E-state index < -0.39 is 10.1 Å². The molecule has 0 aliphatic rings. The molecule has 0 aliphatic heterocycles. The van der Waals surface area contributed by atoms with E-state index in [0.717, 1.165) is 6.42 Å². The summed E-state index contributed by atoms with van der Waals surface area (Å²) in [6, 6.07) is 0. The smallest absolute Gasteiger partial charge is 0.264 e. The molecule has 0 heterocycles. The zero-order valence-corrected chi connectivity index (χ0v) is 18.7. The van der Waals surface area contributed by atoms with Crippen LogP contribution in [0.2, 0.25) is 0 Å². The highest BCUT2D eigenvalue weighted by Gasteiger charge is 1.96. The minimum Gasteiger partial charge on any atom is -0.359 e. The van der Waals surface area contributed by atoms with Crippen LogP contribution in [0.3, 0.4) is 0 Å². The number of carbonyl (C=O) groups is 1. The maximum atomic E-state index is 11.0. The zero-order chi connectivity index (χ0) is 20.8. The first-order valence-corrected chi connectivity index (χ1v) is 12.3. The quantitative estimate of drug-likeness (QED) is 0.197. The Morgan fingerprint density at radius 2 is 1.22 bits per heavy atom. The second-order valence-corrected chi connectivity index (χ2v) is 8.62. The number of rotatable bonds is 16. The van der Waals surface area contributed by atoms with Crippen LogP contribution in [0.4, 0.5) is 0 Å². The molecule has 0 rings (SSSR count). The Morgan fingerprint density at radius 1 is 0.815 bits per heavy atom. The highest BCUT2D eigenvalue weighted by atomic mass is 32.2. The third kappa shape index (κ3) is 30.1. The van der Waals surface area contributed by atoms with Gasteiger partial charge in [-0.3, -0.25) is 9.35 Å². The van der Waals surface area contributed by atoms with Crippen molar-refractivity contribution in [1.82, 2.24) is 5.32 Å². The lowest BCUT2D eigenvalue weighted by molar-refractivity contribution is -0.120. The van der Waals surface area contributed by atoms with E-state index in [0.29, 0.717) is 6.42 Å². The maximum absolute atomic E-state index is 11.0. The van der Waals surface area contributed by atoms with Crippen LogP contribution in [0, 0.1) is 0 Å². The molecule has 0 saturated heterocycles. The summed E-state index contributed by atoms with van der Waals surface area (Å²) in [5.41, 5.74) is 0. The summed E-state index contributed by atoms with van der Waals surface area (Å²) in [5, 5.41) is 2.67. The first kappa shape index (κ1) is 28.3. The molecule has 0 aromatic rings. The topological polar surface area (TPSA) is 83.5 Å². The van der Waals surface area contributed by atoms with Crippen LogP contribution >= 0.6 is 0 Å². The van der Waals surface area contributed by atoms with Gasteiger partial charge in [-0.25, -0.2) is 0 Å². The molecular formula is C21H43NO4S. The van der Waals surface area contributed by atoms with Gasteiger partial charge in [-0.05, 0) is 39.0 Å². The first-order chi connectivity index (χ1) is 12.9. The second kappa shape index (κ2) is 21.4. The Balaban J connectivity index is 0. The van der Waals surface area contributed by atoms with Gasteiger partial charge in [0.2, 0.25) is 5.91 Å². The van der Waals surface area contributed by atoms with Crippen LogP contribution in [-0.2, 0) is 14.9 Å². The van der Waals surface area contributed by atoms with Gasteiger partial charge in [0.15, 0.2) is 0 Å². The fraction of sp³-hybridized carbons (Fsp3) is 0.857. The molecule has 5 nitrogen and oxygen atoms in total. The maximum Gasteiger partial charge on any atom is 0.264 e. The van der Waals surface area contributed by atoms with E-state index in [1.54, 1.807) is 7.05 Å². The SMILES string of the molecule is CCCCCCCC/C=C\CCCCCCCC(=O)NC.CCS(=O)(=O)O. The van der Waals surface area contributed by atoms with Gasteiger partial charge < -0.3 is 5.32 Å². The van der Waals surface area contributed by atoms with Crippen molar-refractivity contribution < 1.29 is 17.8 Å². The van der Waals surface area contributed by atoms with Crippen molar-refractivity contribution in [3.8, 4) is 0 Å². The van der Waals surface area contributed by atoms with E-state index in [1.807, 2.05) is 0 Å². The Hall–Kier alpha value is -0.880. The highest BCUT2D eigenvalue weighted by Crippen LogP contribution is 2.09. The average molecular weight is 406 g/mol. The van der Waals surface area contributed by atoms with Crippen LogP contribution < -0.4 is 5.32 Å². The largest absolute Gasteiger partial charge is 0.359 e. The van der Waals surface area contributed by atoms with Gasteiger partial charge in [-0.2, -0.15) is 8.42 Å². The molecular weight excluding hydrogens is 362 g/mol. The molecule has 1 amide bonds. The number of unbranched alkanes of at least 4 members (excludes halogenated alkanes) is 11. The molecule has 0 saturated carbocycles. The van der Waals surface area contributed by atoms with Crippen LogP contribution in [0.15, 0.2) is 12.2 Å². The summed E-state index contributed by atoms with van der Waals surface area (Å²) in [6.07, 6.45) is 22.3. The predicted octanol–water partition coefficient (Wildman–Crippen LogP) is 5.66. The summed E-state index contributed by atoms with van der Waals surface area (Å²) < 4.78 is 26.9. The van der Waals surface area contributed by atoms with E-state index in [2.05, 4.69) is 24.4 Å². The molecule has 0 bridgehead atoms. The Bertz CT molecular complexity index is 447. The van der Waals surface area contributed by atoms with E-state index in [9.17, 15) is 13.2 Å². The molecule has 0 unspecified atom stereocenters. The number of hydrogen-bond donors (Lipinski definition) is 2. The summed E-state index contributed by atoms with van der Waals surface area (Å²) in [4.78, 5) is 11.0. The molecule has 0 radical (unpaired) electrons. The van der Waals surface area contributed by atoms with Crippen molar-refractivity contribution in [3.05, 3.63) is 12.2 Å². The second-order valence-electron chi connectivity index (χ2n) is 6.88. The molecule has 27 heavy (non-hydrogen) atoms. The van der Waals surface area contributed by atoms with E-state index in [-0.39, 0.29) is 11.7 Å². The highest BCUT2D eigenvalue weighted by molar-refractivity contribution is 7.85. The Labute approximate surface area is 168 Å². The molecule has 2 N–H and O–H groups in total. The summed E-state index contributed by atoms with van der Waals surface area (Å²) in [5.74, 6) is -0.0277. The fourth-order valence-corrected chi connectivity index (χ4v) is 2.48. The molecule has 0 aromatic heterocycles. The summed E-state index contributed by atoms with van der Waals surface area (Å²) >= 11 is 0. The summed E-state index contributed by atoms with van der Waals surface area (Å²) in [7, 11) is -1.95. The van der Waals surface area contributed by atoms with Crippen LogP contribution in [0.1, 0.15) is 104 Å². The van der Waals surface area contributed by atoms with Crippen molar-refractivity contribution in [2.24, 2.45) is 0 Å². The van der Waals surface area contributed by atoms with Gasteiger partial charge >= 0.3 is 0 Å². The molecule has 6 heteroatoms. The Morgan fingerprint density at radius 3 is 1.63 bits per heavy atom. The van der Waals surface area contributed by atoms with Gasteiger partial charge in [0, 0.05) is 13.5 Å². The normalized spacial score (nSPS) is 11.3. The van der Waals surface area contributed by atoms with E-state index in [1.165, 1.54) is 84.0 Å².